The van der Waals surface area contributed by atoms with Gasteiger partial charge in [-0.2, -0.15) is 0 Å². The van der Waals surface area contributed by atoms with E-state index in [0.29, 0.717) is 32.0 Å². The quantitative estimate of drug-likeness (QED) is 0.339. The van der Waals surface area contributed by atoms with Crippen molar-refractivity contribution in [3.8, 4) is 0 Å². The van der Waals surface area contributed by atoms with E-state index in [9.17, 15) is 8.42 Å². The van der Waals surface area contributed by atoms with Crippen LogP contribution in [0.1, 0.15) is 12.1 Å². The lowest BCUT2D eigenvalue weighted by atomic mass is 10.3. The maximum Gasteiger partial charge on any atom is 0.208 e. The maximum absolute atomic E-state index is 10.8. The Balaban J connectivity index is 2.13. The molecule has 0 atom stereocenters. The minimum atomic E-state index is -3.12. The molecular weight excluding hydrogens is 278 g/mol. The Kier molecular flexibility index (Phi) is 6.96. The first-order valence-corrected chi connectivity index (χ1v) is 8.25. The third-order valence-corrected chi connectivity index (χ3v) is 3.12. The predicted molar refractivity (Wildman–Crippen MR) is 79.9 cm³/mol. The summed E-state index contributed by atoms with van der Waals surface area (Å²) in [5.74, 6) is 0.361. The van der Waals surface area contributed by atoms with Gasteiger partial charge in [0.25, 0.3) is 0 Å². The van der Waals surface area contributed by atoms with Gasteiger partial charge >= 0.3 is 0 Å². The molecule has 112 valence electrons. The van der Waals surface area contributed by atoms with Gasteiger partial charge < -0.3 is 11.1 Å². The van der Waals surface area contributed by atoms with Gasteiger partial charge in [0.15, 0.2) is 5.96 Å². The molecule has 1 rings (SSSR count). The van der Waals surface area contributed by atoms with Crippen LogP contribution in [-0.2, 0) is 16.4 Å². The minimum absolute atomic E-state index is 0.361. The molecule has 0 radical (unpaired) electrons. The Morgan fingerprint density at radius 3 is 2.85 bits per heavy atom. The summed E-state index contributed by atoms with van der Waals surface area (Å²) in [4.78, 5) is 8.30. The summed E-state index contributed by atoms with van der Waals surface area (Å²) in [5.41, 5.74) is 6.68. The molecule has 1 aromatic rings. The number of nitrogens with one attached hydrogen (secondary N) is 2. The highest BCUT2D eigenvalue weighted by atomic mass is 32.2. The number of pyridine rings is 1. The fourth-order valence-electron chi connectivity index (χ4n) is 1.46. The van der Waals surface area contributed by atoms with E-state index in [-0.39, 0.29) is 0 Å². The van der Waals surface area contributed by atoms with Gasteiger partial charge in [0.05, 0.1) is 6.26 Å². The van der Waals surface area contributed by atoms with Gasteiger partial charge in [-0.1, -0.05) is 6.07 Å². The minimum Gasteiger partial charge on any atom is -0.370 e. The highest BCUT2D eigenvalue weighted by Gasteiger charge is 1.98. The molecule has 0 amide bonds. The van der Waals surface area contributed by atoms with E-state index in [1.807, 2.05) is 18.2 Å². The van der Waals surface area contributed by atoms with Crippen LogP contribution in [0.25, 0.3) is 0 Å². The molecule has 8 heteroatoms. The number of guanidine groups is 1. The normalized spacial score (nSPS) is 12.3. The van der Waals surface area contributed by atoms with Crippen LogP contribution < -0.4 is 15.8 Å². The van der Waals surface area contributed by atoms with E-state index in [0.717, 1.165) is 18.4 Å². The molecule has 0 saturated carbocycles. The van der Waals surface area contributed by atoms with Crippen molar-refractivity contribution < 1.29 is 8.42 Å². The number of nitrogens with zero attached hydrogens (tertiary/aromatic N) is 2. The highest BCUT2D eigenvalue weighted by Crippen LogP contribution is 1.92. The van der Waals surface area contributed by atoms with Crippen LogP contribution in [0, 0.1) is 0 Å². The molecule has 20 heavy (non-hydrogen) atoms. The van der Waals surface area contributed by atoms with Gasteiger partial charge in [0.2, 0.25) is 10.0 Å². The zero-order valence-corrected chi connectivity index (χ0v) is 12.4. The van der Waals surface area contributed by atoms with Gasteiger partial charge in [-0.15, -0.1) is 0 Å². The van der Waals surface area contributed by atoms with Gasteiger partial charge in [-0.05, 0) is 18.6 Å². The van der Waals surface area contributed by atoms with Crippen molar-refractivity contribution >= 4 is 16.0 Å². The fraction of sp³-hybridized carbons (Fsp3) is 0.500. The molecular formula is C12H21N5O2S. The lowest BCUT2D eigenvalue weighted by Crippen LogP contribution is -2.33. The zero-order valence-electron chi connectivity index (χ0n) is 11.5. The van der Waals surface area contributed by atoms with Crippen LogP contribution in [0.3, 0.4) is 0 Å². The lowest BCUT2D eigenvalue weighted by molar-refractivity contribution is 0.586. The van der Waals surface area contributed by atoms with Gasteiger partial charge in [-0.3, -0.25) is 9.98 Å². The molecule has 0 aromatic carbocycles. The molecule has 7 nitrogen and oxygen atoms in total. The van der Waals surface area contributed by atoms with Crippen molar-refractivity contribution in [2.45, 2.75) is 12.8 Å². The SMILES string of the molecule is CS(=O)(=O)NCCCN=C(N)NCCc1ccccn1. The van der Waals surface area contributed by atoms with Crippen LogP contribution in [0.5, 0.6) is 0 Å². The van der Waals surface area contributed by atoms with E-state index in [4.69, 9.17) is 5.73 Å². The Labute approximate surface area is 119 Å². The molecule has 0 spiro atoms. The smallest absolute Gasteiger partial charge is 0.208 e. The van der Waals surface area contributed by atoms with E-state index in [1.165, 1.54) is 0 Å². The first kappa shape index (κ1) is 16.4. The van der Waals surface area contributed by atoms with Crippen molar-refractivity contribution in [3.63, 3.8) is 0 Å². The van der Waals surface area contributed by atoms with Crippen LogP contribution in [-0.4, -0.2) is 45.3 Å². The predicted octanol–water partition coefficient (Wildman–Crippen LogP) is -0.532. The average molecular weight is 299 g/mol. The molecule has 0 aliphatic rings. The topological polar surface area (TPSA) is 109 Å². The first-order chi connectivity index (χ1) is 9.47. The van der Waals surface area contributed by atoms with Crippen LogP contribution in [0.4, 0.5) is 0 Å². The molecule has 0 unspecified atom stereocenters. The molecule has 0 bridgehead atoms. The number of rotatable bonds is 8. The highest BCUT2D eigenvalue weighted by molar-refractivity contribution is 7.88. The Hall–Kier alpha value is -1.67. The molecule has 4 N–H and O–H groups in total. The number of hydrogen-bond donors (Lipinski definition) is 3. The molecule has 0 fully saturated rings. The third-order valence-electron chi connectivity index (χ3n) is 2.39. The van der Waals surface area contributed by atoms with Gasteiger partial charge in [0, 0.05) is 37.9 Å². The number of aliphatic imine (C=N–C) groups is 1. The van der Waals surface area contributed by atoms with E-state index in [1.54, 1.807) is 6.20 Å². The summed E-state index contributed by atoms with van der Waals surface area (Å²) >= 11 is 0. The molecule has 0 aliphatic carbocycles. The van der Waals surface area contributed by atoms with Gasteiger partial charge in [0.1, 0.15) is 0 Å². The second-order valence-electron chi connectivity index (χ2n) is 4.28. The molecule has 0 aliphatic heterocycles. The van der Waals surface area contributed by atoms with Crippen molar-refractivity contribution in [1.29, 1.82) is 0 Å². The summed E-state index contributed by atoms with van der Waals surface area (Å²) in [7, 11) is -3.12. The van der Waals surface area contributed by atoms with Crippen molar-refractivity contribution in [2.24, 2.45) is 10.7 Å². The third kappa shape index (κ3) is 8.44. The number of aromatic nitrogens is 1. The zero-order chi connectivity index (χ0) is 14.8. The number of nitrogens with two attached hydrogens (primary N) is 1. The first-order valence-electron chi connectivity index (χ1n) is 6.36. The van der Waals surface area contributed by atoms with E-state index in [2.05, 4.69) is 20.0 Å². The maximum atomic E-state index is 10.8. The van der Waals surface area contributed by atoms with Gasteiger partial charge in [-0.25, -0.2) is 13.1 Å². The second kappa shape index (κ2) is 8.49. The molecule has 1 heterocycles. The monoisotopic (exact) mass is 299 g/mol. The molecule has 1 aromatic heterocycles. The summed E-state index contributed by atoms with van der Waals surface area (Å²) in [6.07, 6.45) is 4.26. The average Bonchev–Trinajstić information content (AvgIpc) is 2.38. The Morgan fingerprint density at radius 1 is 1.40 bits per heavy atom. The summed E-state index contributed by atoms with van der Waals surface area (Å²) < 4.78 is 24.0. The van der Waals surface area contributed by atoms with Crippen molar-refractivity contribution in [1.82, 2.24) is 15.0 Å². The molecule has 0 saturated heterocycles. The number of hydrogen-bond acceptors (Lipinski definition) is 4. The lowest BCUT2D eigenvalue weighted by Gasteiger charge is -2.05. The van der Waals surface area contributed by atoms with E-state index >= 15 is 0 Å². The Morgan fingerprint density at radius 2 is 2.20 bits per heavy atom. The van der Waals surface area contributed by atoms with E-state index < -0.39 is 10.0 Å². The standard InChI is InChI=1S/C12H21N5O2S/c1-20(18,19)17-9-4-8-15-12(13)16-10-6-11-5-2-3-7-14-11/h2-3,5,7,17H,4,6,8-10H2,1H3,(H3,13,15,16). The summed E-state index contributed by atoms with van der Waals surface area (Å²) in [6.45, 7) is 1.50. The fourth-order valence-corrected chi connectivity index (χ4v) is 1.97. The second-order valence-corrected chi connectivity index (χ2v) is 6.12. The van der Waals surface area contributed by atoms with Crippen LogP contribution >= 0.6 is 0 Å². The van der Waals surface area contributed by atoms with Crippen molar-refractivity contribution in [2.75, 3.05) is 25.9 Å². The van der Waals surface area contributed by atoms with Crippen LogP contribution in [0.15, 0.2) is 29.4 Å². The Bertz CT molecular complexity index is 516. The van der Waals surface area contributed by atoms with Crippen molar-refractivity contribution in [3.05, 3.63) is 30.1 Å². The summed E-state index contributed by atoms with van der Waals surface area (Å²) in [5, 5.41) is 2.99. The van der Waals surface area contributed by atoms with Crippen LogP contribution in [0.2, 0.25) is 0 Å². The number of sulfonamides is 1. The largest absolute Gasteiger partial charge is 0.370 e. The summed E-state index contributed by atoms with van der Waals surface area (Å²) in [6, 6.07) is 5.76.